The first-order valence-corrected chi connectivity index (χ1v) is 10.0. The minimum Gasteiger partial charge on any atom is -0.376 e. The van der Waals surface area contributed by atoms with Crippen molar-refractivity contribution in [2.24, 2.45) is 0 Å². The van der Waals surface area contributed by atoms with Crippen LogP contribution in [0.5, 0.6) is 0 Å². The smallest absolute Gasteiger partial charge is 0.285 e. The number of morpholine rings is 1. The van der Waals surface area contributed by atoms with Gasteiger partial charge in [-0.15, -0.1) is 0 Å². The number of benzene rings is 1. The number of nitrogens with one attached hydrogen (secondary N) is 1. The van der Waals surface area contributed by atoms with Crippen LogP contribution < -0.4 is 10.9 Å². The third kappa shape index (κ3) is 5.66. The zero-order valence-corrected chi connectivity index (χ0v) is 17.5. The summed E-state index contributed by atoms with van der Waals surface area (Å²) in [5.74, 6) is -1.03. The summed E-state index contributed by atoms with van der Waals surface area (Å²) in [5.41, 5.74) is -0.576. The lowest BCUT2D eigenvalue weighted by molar-refractivity contribution is -0.385. The Balaban J connectivity index is 1.78. The summed E-state index contributed by atoms with van der Waals surface area (Å²) < 4.78 is 21.1. The van der Waals surface area contributed by atoms with Gasteiger partial charge in [-0.05, 0) is 19.1 Å². The Bertz CT molecular complexity index is 1010. The lowest BCUT2D eigenvalue weighted by Crippen LogP contribution is -2.47. The van der Waals surface area contributed by atoms with Crippen LogP contribution in [0.15, 0.2) is 41.3 Å². The van der Waals surface area contributed by atoms with Crippen molar-refractivity contribution in [3.8, 4) is 0 Å². The highest BCUT2D eigenvalue weighted by molar-refractivity contribution is 6.31. The van der Waals surface area contributed by atoms with E-state index in [1.54, 1.807) is 6.07 Å². The fourth-order valence-corrected chi connectivity index (χ4v) is 3.83. The number of rotatable bonds is 7. The molecule has 1 fully saturated rings. The van der Waals surface area contributed by atoms with Crippen LogP contribution in [0.2, 0.25) is 5.02 Å². The van der Waals surface area contributed by atoms with Crippen molar-refractivity contribution < 1.29 is 18.8 Å². The zero-order chi connectivity index (χ0) is 22.5. The number of amides is 1. The van der Waals surface area contributed by atoms with Crippen molar-refractivity contribution in [1.82, 2.24) is 14.8 Å². The maximum atomic E-state index is 14.6. The van der Waals surface area contributed by atoms with E-state index >= 15 is 0 Å². The molecule has 0 aliphatic carbocycles. The van der Waals surface area contributed by atoms with E-state index in [2.05, 4.69) is 5.32 Å². The summed E-state index contributed by atoms with van der Waals surface area (Å²) in [7, 11) is 0. The molecule has 0 bridgehead atoms. The maximum absolute atomic E-state index is 14.6. The van der Waals surface area contributed by atoms with Crippen LogP contribution in [0.4, 0.5) is 10.1 Å². The Morgan fingerprint density at radius 1 is 1.42 bits per heavy atom. The van der Waals surface area contributed by atoms with Crippen LogP contribution in [0, 0.1) is 15.9 Å². The normalized spacial score (nSPS) is 17.8. The number of halogens is 2. The molecule has 1 aromatic carbocycles. The highest BCUT2D eigenvalue weighted by atomic mass is 35.5. The van der Waals surface area contributed by atoms with Gasteiger partial charge < -0.3 is 10.1 Å². The molecule has 1 saturated heterocycles. The van der Waals surface area contributed by atoms with Crippen molar-refractivity contribution in [2.45, 2.75) is 25.6 Å². The van der Waals surface area contributed by atoms with Gasteiger partial charge in [-0.3, -0.25) is 29.2 Å². The third-order valence-corrected chi connectivity index (χ3v) is 5.36. The lowest BCUT2D eigenvalue weighted by Gasteiger charge is -2.38. The van der Waals surface area contributed by atoms with Gasteiger partial charge >= 0.3 is 0 Å². The minimum absolute atomic E-state index is 0.0376. The van der Waals surface area contributed by atoms with E-state index in [1.807, 2.05) is 11.8 Å². The molecule has 9 nitrogen and oxygen atoms in total. The van der Waals surface area contributed by atoms with Crippen LogP contribution in [0.3, 0.4) is 0 Å². The van der Waals surface area contributed by atoms with Crippen LogP contribution in [0.1, 0.15) is 18.5 Å². The van der Waals surface area contributed by atoms with Gasteiger partial charge in [0.25, 0.3) is 11.2 Å². The summed E-state index contributed by atoms with van der Waals surface area (Å²) in [5, 5.41) is 13.9. The SMILES string of the molecule is CC1CN(C(CNC(=O)Cn2cc([N+](=O)[O-])ccc2=O)c2c(F)cccc2Cl)CCO1. The molecular weight excluding hydrogens is 431 g/mol. The van der Waals surface area contributed by atoms with E-state index in [0.29, 0.717) is 19.7 Å². The highest BCUT2D eigenvalue weighted by Crippen LogP contribution is 2.31. The first kappa shape index (κ1) is 22.9. The van der Waals surface area contributed by atoms with Crippen molar-refractivity contribution in [1.29, 1.82) is 0 Å². The molecule has 2 aromatic rings. The molecule has 0 saturated carbocycles. The van der Waals surface area contributed by atoms with Gasteiger partial charge in [0.1, 0.15) is 12.4 Å². The minimum atomic E-state index is -0.649. The summed E-state index contributed by atoms with van der Waals surface area (Å²) in [6.45, 7) is 3.04. The first-order valence-electron chi connectivity index (χ1n) is 9.67. The van der Waals surface area contributed by atoms with Crippen LogP contribution in [0.25, 0.3) is 0 Å². The fourth-order valence-electron chi connectivity index (χ4n) is 3.54. The predicted octanol–water partition coefficient (Wildman–Crippen LogP) is 2.13. The van der Waals surface area contributed by atoms with Crippen LogP contribution in [-0.4, -0.2) is 52.6 Å². The van der Waals surface area contributed by atoms with Crippen molar-refractivity contribution in [2.75, 3.05) is 26.2 Å². The summed E-state index contributed by atoms with van der Waals surface area (Å²) in [4.78, 5) is 36.7. The average Bonchev–Trinajstić information content (AvgIpc) is 2.71. The van der Waals surface area contributed by atoms with Crippen LogP contribution >= 0.6 is 11.6 Å². The molecular formula is C20H22ClFN4O5. The van der Waals surface area contributed by atoms with Gasteiger partial charge in [-0.1, -0.05) is 17.7 Å². The molecule has 31 heavy (non-hydrogen) atoms. The van der Waals surface area contributed by atoms with E-state index in [-0.39, 0.29) is 28.9 Å². The number of hydrogen-bond acceptors (Lipinski definition) is 6. The number of aromatic nitrogens is 1. The third-order valence-electron chi connectivity index (χ3n) is 5.03. The summed E-state index contributed by atoms with van der Waals surface area (Å²) in [6, 6.07) is 5.96. The molecule has 1 aromatic heterocycles. The second kappa shape index (κ2) is 9.99. The van der Waals surface area contributed by atoms with Crippen LogP contribution in [-0.2, 0) is 16.1 Å². The highest BCUT2D eigenvalue weighted by Gasteiger charge is 2.29. The second-order valence-corrected chi connectivity index (χ2v) is 7.65. The van der Waals surface area contributed by atoms with Gasteiger partial charge in [0, 0.05) is 42.4 Å². The Morgan fingerprint density at radius 3 is 2.87 bits per heavy atom. The van der Waals surface area contributed by atoms with E-state index in [9.17, 15) is 24.1 Å². The van der Waals surface area contributed by atoms with Gasteiger partial charge in [0.15, 0.2) is 0 Å². The number of hydrogen-bond donors (Lipinski definition) is 1. The molecule has 3 rings (SSSR count). The number of nitrogens with zero attached hydrogens (tertiary/aromatic N) is 3. The molecule has 2 unspecified atom stereocenters. The molecule has 1 N–H and O–H groups in total. The first-order chi connectivity index (χ1) is 14.8. The number of carbonyl (C=O) groups excluding carboxylic acids is 1. The molecule has 2 heterocycles. The van der Waals surface area contributed by atoms with Crippen molar-refractivity contribution in [3.05, 3.63) is 73.4 Å². The Kier molecular flexibility index (Phi) is 7.37. The van der Waals surface area contributed by atoms with E-state index in [1.165, 1.54) is 12.1 Å². The van der Waals surface area contributed by atoms with Crippen molar-refractivity contribution in [3.63, 3.8) is 0 Å². The Morgan fingerprint density at radius 2 is 2.19 bits per heavy atom. The zero-order valence-electron chi connectivity index (χ0n) is 16.8. The van der Waals surface area contributed by atoms with Gasteiger partial charge in [0.2, 0.25) is 5.91 Å². The molecule has 2 atom stereocenters. The molecule has 1 amide bonds. The summed E-state index contributed by atoms with van der Waals surface area (Å²) >= 11 is 6.27. The monoisotopic (exact) mass is 452 g/mol. The number of carbonyl (C=O) groups is 1. The molecule has 1 aliphatic rings. The number of pyridine rings is 1. The number of ether oxygens (including phenoxy) is 1. The lowest BCUT2D eigenvalue weighted by atomic mass is 10.0. The van der Waals surface area contributed by atoms with Gasteiger partial charge in [0.05, 0.1) is 29.9 Å². The molecule has 11 heteroatoms. The quantitative estimate of drug-likeness (QED) is 0.509. The summed E-state index contributed by atoms with van der Waals surface area (Å²) in [6.07, 6.45) is 0.942. The Hall–Kier alpha value is -2.82. The number of nitro groups is 1. The molecule has 1 aliphatic heterocycles. The predicted molar refractivity (Wildman–Crippen MR) is 112 cm³/mol. The second-order valence-electron chi connectivity index (χ2n) is 7.24. The fraction of sp³-hybridized carbons (Fsp3) is 0.400. The van der Waals surface area contributed by atoms with Gasteiger partial charge in [-0.2, -0.15) is 0 Å². The molecule has 0 radical (unpaired) electrons. The van der Waals surface area contributed by atoms with E-state index < -0.39 is 34.8 Å². The van der Waals surface area contributed by atoms with Gasteiger partial charge in [-0.25, -0.2) is 4.39 Å². The van der Waals surface area contributed by atoms with Crippen molar-refractivity contribution >= 4 is 23.2 Å². The largest absolute Gasteiger partial charge is 0.376 e. The topological polar surface area (TPSA) is 107 Å². The molecule has 0 spiro atoms. The van der Waals surface area contributed by atoms with E-state index in [0.717, 1.165) is 22.9 Å². The molecule has 166 valence electrons. The maximum Gasteiger partial charge on any atom is 0.285 e. The van der Waals surface area contributed by atoms with E-state index in [4.69, 9.17) is 16.3 Å². The standard InChI is InChI=1S/C20H22ClFN4O5/c1-13-10-24(7-8-31-13)17(20-15(21)3-2-4-16(20)22)9-23-18(27)12-25-11-14(26(29)30)5-6-19(25)28/h2-6,11,13,17H,7-10,12H2,1H3,(H,23,27). The Labute approximate surface area is 182 Å². The average molecular weight is 453 g/mol.